The first kappa shape index (κ1) is 18.6. The Bertz CT molecular complexity index is 794. The summed E-state index contributed by atoms with van der Waals surface area (Å²) >= 11 is 0. The molecule has 2 aromatic rings. The van der Waals surface area contributed by atoms with Crippen LogP contribution in [0.25, 0.3) is 0 Å². The molecule has 3 amide bonds. The van der Waals surface area contributed by atoms with E-state index in [4.69, 9.17) is 0 Å². The number of anilines is 1. The summed E-state index contributed by atoms with van der Waals surface area (Å²) in [5.41, 5.74) is 0.777. The van der Waals surface area contributed by atoms with E-state index in [1.165, 1.54) is 23.1 Å². The highest BCUT2D eigenvalue weighted by Gasteiger charge is 2.27. The molecule has 6 nitrogen and oxygen atoms in total. The fourth-order valence-corrected chi connectivity index (χ4v) is 2.85. The molecule has 0 radical (unpaired) electrons. The van der Waals surface area contributed by atoms with Gasteiger partial charge in [-0.1, -0.05) is 30.3 Å². The second kappa shape index (κ2) is 8.48. The molecular formula is C19H19F2N3O3. The van der Waals surface area contributed by atoms with Gasteiger partial charge in [0.15, 0.2) is 0 Å². The summed E-state index contributed by atoms with van der Waals surface area (Å²) in [6.07, 6.45) is 0. The summed E-state index contributed by atoms with van der Waals surface area (Å²) in [4.78, 5) is 28.1. The smallest absolute Gasteiger partial charge is 0.387 e. The van der Waals surface area contributed by atoms with Crippen LogP contribution in [0.4, 0.5) is 19.3 Å². The fourth-order valence-electron chi connectivity index (χ4n) is 2.85. The molecule has 1 fully saturated rings. The van der Waals surface area contributed by atoms with Crippen molar-refractivity contribution in [3.8, 4) is 5.75 Å². The van der Waals surface area contributed by atoms with Crippen molar-refractivity contribution in [3.63, 3.8) is 0 Å². The Balaban J connectivity index is 1.59. The predicted molar refractivity (Wildman–Crippen MR) is 96.0 cm³/mol. The number of nitrogens with zero attached hydrogens (tertiary/aromatic N) is 2. The van der Waals surface area contributed by atoms with Gasteiger partial charge in [-0.3, -0.25) is 4.79 Å². The molecule has 0 unspecified atom stereocenters. The number of rotatable bonds is 4. The third kappa shape index (κ3) is 4.72. The highest BCUT2D eigenvalue weighted by atomic mass is 19.3. The lowest BCUT2D eigenvalue weighted by atomic mass is 10.1. The third-order valence-corrected chi connectivity index (χ3v) is 4.21. The molecule has 1 saturated heterocycles. The van der Waals surface area contributed by atoms with Gasteiger partial charge < -0.3 is 19.9 Å². The van der Waals surface area contributed by atoms with E-state index >= 15 is 0 Å². The van der Waals surface area contributed by atoms with Gasteiger partial charge in [0.1, 0.15) is 5.75 Å². The van der Waals surface area contributed by atoms with Crippen molar-refractivity contribution in [3.05, 3.63) is 60.2 Å². The van der Waals surface area contributed by atoms with Gasteiger partial charge in [-0.15, -0.1) is 0 Å². The van der Waals surface area contributed by atoms with Gasteiger partial charge in [-0.25, -0.2) is 4.79 Å². The van der Waals surface area contributed by atoms with Gasteiger partial charge in [0.2, 0.25) is 0 Å². The van der Waals surface area contributed by atoms with Crippen molar-refractivity contribution < 1.29 is 23.1 Å². The molecule has 0 bridgehead atoms. The SMILES string of the molecule is O=C(Nc1ccccc1)N1CCN(C(=O)c2ccccc2OC(F)F)CC1. The fraction of sp³-hybridized carbons (Fsp3) is 0.263. The van der Waals surface area contributed by atoms with E-state index in [9.17, 15) is 18.4 Å². The second-order valence-corrected chi connectivity index (χ2v) is 5.95. The number of piperazine rings is 1. The van der Waals surface area contributed by atoms with Crippen LogP contribution in [0.5, 0.6) is 5.75 Å². The Morgan fingerprint density at radius 1 is 0.889 bits per heavy atom. The zero-order valence-electron chi connectivity index (χ0n) is 14.5. The highest BCUT2D eigenvalue weighted by Crippen LogP contribution is 2.22. The first-order chi connectivity index (χ1) is 13.0. The highest BCUT2D eigenvalue weighted by molar-refractivity contribution is 5.97. The topological polar surface area (TPSA) is 61.9 Å². The molecule has 2 aromatic carbocycles. The van der Waals surface area contributed by atoms with Gasteiger partial charge in [0.05, 0.1) is 5.56 Å². The number of para-hydroxylation sites is 2. The van der Waals surface area contributed by atoms with Gasteiger partial charge in [0, 0.05) is 31.9 Å². The van der Waals surface area contributed by atoms with Gasteiger partial charge in [-0.2, -0.15) is 8.78 Å². The van der Waals surface area contributed by atoms with Crippen LogP contribution in [0.1, 0.15) is 10.4 Å². The number of alkyl halides is 2. The van der Waals surface area contributed by atoms with E-state index in [0.29, 0.717) is 31.9 Å². The van der Waals surface area contributed by atoms with Crippen molar-refractivity contribution in [2.75, 3.05) is 31.5 Å². The molecule has 3 rings (SSSR count). The number of halogens is 2. The van der Waals surface area contributed by atoms with Crippen molar-refractivity contribution >= 4 is 17.6 Å². The second-order valence-electron chi connectivity index (χ2n) is 5.95. The number of ether oxygens (including phenoxy) is 1. The molecule has 1 aliphatic heterocycles. The lowest BCUT2D eigenvalue weighted by Gasteiger charge is -2.35. The predicted octanol–water partition coefficient (Wildman–Crippen LogP) is 3.28. The first-order valence-corrected chi connectivity index (χ1v) is 8.48. The molecule has 0 atom stereocenters. The van der Waals surface area contributed by atoms with Crippen LogP contribution in [0.15, 0.2) is 54.6 Å². The summed E-state index contributed by atoms with van der Waals surface area (Å²) in [5, 5.41) is 2.80. The normalized spacial score (nSPS) is 14.2. The van der Waals surface area contributed by atoms with Crippen LogP contribution in [-0.2, 0) is 0 Å². The molecular weight excluding hydrogens is 356 g/mol. The van der Waals surface area contributed by atoms with Crippen LogP contribution >= 0.6 is 0 Å². The first-order valence-electron chi connectivity index (χ1n) is 8.48. The van der Waals surface area contributed by atoms with E-state index < -0.39 is 12.5 Å². The average Bonchev–Trinajstić information content (AvgIpc) is 2.68. The monoisotopic (exact) mass is 375 g/mol. The Labute approximate surface area is 155 Å². The molecule has 1 heterocycles. The standard InChI is InChI=1S/C19H19F2N3O3/c20-18(21)27-16-9-5-4-8-15(16)17(25)23-10-12-24(13-11-23)19(26)22-14-6-2-1-3-7-14/h1-9,18H,10-13H2,(H,22,26). The van der Waals surface area contributed by atoms with Crippen molar-refractivity contribution in [2.45, 2.75) is 6.61 Å². The maximum absolute atomic E-state index is 12.7. The van der Waals surface area contributed by atoms with Crippen LogP contribution in [-0.4, -0.2) is 54.5 Å². The van der Waals surface area contributed by atoms with E-state index in [1.807, 2.05) is 18.2 Å². The average molecular weight is 375 g/mol. The van der Waals surface area contributed by atoms with Crippen LogP contribution in [0, 0.1) is 0 Å². The van der Waals surface area contributed by atoms with Gasteiger partial charge >= 0.3 is 12.6 Å². The summed E-state index contributed by atoms with van der Waals surface area (Å²) in [5.74, 6) is -0.545. The summed E-state index contributed by atoms with van der Waals surface area (Å²) in [7, 11) is 0. The van der Waals surface area contributed by atoms with E-state index in [2.05, 4.69) is 10.1 Å². The van der Waals surface area contributed by atoms with E-state index in [1.54, 1.807) is 23.1 Å². The zero-order chi connectivity index (χ0) is 19.2. The molecule has 0 spiro atoms. The third-order valence-electron chi connectivity index (χ3n) is 4.21. The molecule has 0 aromatic heterocycles. The molecule has 27 heavy (non-hydrogen) atoms. The number of amides is 3. The largest absolute Gasteiger partial charge is 0.434 e. The Hall–Kier alpha value is -3.16. The molecule has 1 aliphatic rings. The van der Waals surface area contributed by atoms with Crippen LogP contribution in [0.3, 0.4) is 0 Å². The molecule has 142 valence electrons. The summed E-state index contributed by atoms with van der Waals surface area (Å²) in [6.45, 7) is -1.68. The minimum atomic E-state index is -3.00. The molecule has 0 saturated carbocycles. The maximum Gasteiger partial charge on any atom is 0.387 e. The minimum Gasteiger partial charge on any atom is -0.434 e. The number of carbonyl (C=O) groups excluding carboxylic acids is 2. The Morgan fingerprint density at radius 2 is 1.48 bits per heavy atom. The Morgan fingerprint density at radius 3 is 2.15 bits per heavy atom. The number of hydrogen-bond donors (Lipinski definition) is 1. The van der Waals surface area contributed by atoms with Gasteiger partial charge in [-0.05, 0) is 24.3 Å². The molecule has 0 aliphatic carbocycles. The maximum atomic E-state index is 12.7. The van der Waals surface area contributed by atoms with Crippen molar-refractivity contribution in [2.24, 2.45) is 0 Å². The van der Waals surface area contributed by atoms with Crippen molar-refractivity contribution in [1.29, 1.82) is 0 Å². The number of benzene rings is 2. The summed E-state index contributed by atoms with van der Waals surface area (Å²) < 4.78 is 29.5. The van der Waals surface area contributed by atoms with Crippen molar-refractivity contribution in [1.82, 2.24) is 9.80 Å². The van der Waals surface area contributed by atoms with Gasteiger partial charge in [0.25, 0.3) is 5.91 Å². The number of carbonyl (C=O) groups is 2. The molecule has 8 heteroatoms. The summed E-state index contributed by atoms with van der Waals surface area (Å²) in [6, 6.07) is 14.8. The quantitative estimate of drug-likeness (QED) is 0.892. The van der Waals surface area contributed by atoms with E-state index in [0.717, 1.165) is 0 Å². The number of hydrogen-bond acceptors (Lipinski definition) is 3. The zero-order valence-corrected chi connectivity index (χ0v) is 14.5. The lowest BCUT2D eigenvalue weighted by Crippen LogP contribution is -2.51. The Kier molecular flexibility index (Phi) is 5.85. The number of urea groups is 1. The molecule has 1 N–H and O–H groups in total. The minimum absolute atomic E-state index is 0.0833. The van der Waals surface area contributed by atoms with Crippen LogP contribution in [0.2, 0.25) is 0 Å². The number of nitrogens with one attached hydrogen (secondary N) is 1. The lowest BCUT2D eigenvalue weighted by molar-refractivity contribution is -0.0503. The van der Waals surface area contributed by atoms with E-state index in [-0.39, 0.29) is 17.3 Å². The van der Waals surface area contributed by atoms with Crippen LogP contribution < -0.4 is 10.1 Å².